The SMILES string of the molecule is COc1ccc(N2CCN(c3nc4ccc(Cl)cc4s3)CC2)cc1. The summed E-state index contributed by atoms with van der Waals surface area (Å²) in [5.74, 6) is 0.894. The van der Waals surface area contributed by atoms with Gasteiger partial charge in [-0.3, -0.25) is 0 Å². The fraction of sp³-hybridized carbons (Fsp3) is 0.278. The third kappa shape index (κ3) is 3.01. The highest BCUT2D eigenvalue weighted by Gasteiger charge is 2.20. The number of aromatic nitrogens is 1. The molecule has 0 spiro atoms. The highest BCUT2D eigenvalue weighted by Crippen LogP contribution is 2.31. The number of fused-ring (bicyclic) bond motifs is 1. The van der Waals surface area contributed by atoms with Gasteiger partial charge in [0.1, 0.15) is 5.75 Å². The minimum Gasteiger partial charge on any atom is -0.497 e. The topological polar surface area (TPSA) is 28.6 Å². The number of benzene rings is 2. The monoisotopic (exact) mass is 359 g/mol. The molecule has 0 unspecified atom stereocenters. The zero-order valence-electron chi connectivity index (χ0n) is 13.4. The number of piperazine rings is 1. The van der Waals surface area contributed by atoms with Gasteiger partial charge in [0, 0.05) is 36.9 Å². The molecule has 124 valence electrons. The Morgan fingerprint density at radius 3 is 2.42 bits per heavy atom. The van der Waals surface area contributed by atoms with Gasteiger partial charge >= 0.3 is 0 Å². The third-order valence-electron chi connectivity index (χ3n) is 4.33. The van der Waals surface area contributed by atoms with Gasteiger partial charge in [-0.25, -0.2) is 4.98 Å². The molecule has 1 aliphatic heterocycles. The highest BCUT2D eigenvalue weighted by atomic mass is 35.5. The van der Waals surface area contributed by atoms with Crippen LogP contribution in [0, 0.1) is 0 Å². The zero-order chi connectivity index (χ0) is 16.5. The van der Waals surface area contributed by atoms with E-state index in [9.17, 15) is 0 Å². The molecule has 3 aromatic rings. The number of anilines is 2. The van der Waals surface area contributed by atoms with Crippen LogP contribution in [0.5, 0.6) is 5.75 Å². The molecule has 4 nitrogen and oxygen atoms in total. The van der Waals surface area contributed by atoms with Crippen molar-refractivity contribution in [2.45, 2.75) is 0 Å². The first-order chi connectivity index (χ1) is 11.7. The predicted molar refractivity (Wildman–Crippen MR) is 102 cm³/mol. The Morgan fingerprint density at radius 1 is 1.00 bits per heavy atom. The fourth-order valence-corrected chi connectivity index (χ4v) is 4.26. The molecule has 24 heavy (non-hydrogen) atoms. The minimum absolute atomic E-state index is 0.766. The van der Waals surface area contributed by atoms with Crippen LogP contribution < -0.4 is 14.5 Å². The molecule has 2 heterocycles. The highest BCUT2D eigenvalue weighted by molar-refractivity contribution is 7.22. The molecule has 0 saturated carbocycles. The van der Waals surface area contributed by atoms with Crippen molar-refractivity contribution in [1.29, 1.82) is 0 Å². The average Bonchev–Trinajstić information content (AvgIpc) is 3.05. The lowest BCUT2D eigenvalue weighted by Gasteiger charge is -2.36. The largest absolute Gasteiger partial charge is 0.497 e. The lowest BCUT2D eigenvalue weighted by Crippen LogP contribution is -2.46. The lowest BCUT2D eigenvalue weighted by molar-refractivity contribution is 0.415. The van der Waals surface area contributed by atoms with Crippen LogP contribution >= 0.6 is 22.9 Å². The second-order valence-corrected chi connectivity index (χ2v) is 7.23. The van der Waals surface area contributed by atoms with Crippen molar-refractivity contribution < 1.29 is 4.74 Å². The van der Waals surface area contributed by atoms with Crippen LogP contribution in [0.15, 0.2) is 42.5 Å². The Balaban J connectivity index is 1.46. The van der Waals surface area contributed by atoms with E-state index in [0.717, 1.165) is 52.3 Å². The number of nitrogens with zero attached hydrogens (tertiary/aromatic N) is 3. The van der Waals surface area contributed by atoms with Crippen molar-refractivity contribution in [3.05, 3.63) is 47.5 Å². The maximum absolute atomic E-state index is 6.07. The van der Waals surface area contributed by atoms with E-state index < -0.39 is 0 Å². The second-order valence-electron chi connectivity index (χ2n) is 5.78. The third-order valence-corrected chi connectivity index (χ3v) is 5.64. The number of thiazole rings is 1. The number of methoxy groups -OCH3 is 1. The average molecular weight is 360 g/mol. The molecular weight excluding hydrogens is 342 g/mol. The van der Waals surface area contributed by atoms with Crippen LogP contribution in [0.25, 0.3) is 10.2 Å². The van der Waals surface area contributed by atoms with E-state index in [0.29, 0.717) is 0 Å². The minimum atomic E-state index is 0.766. The van der Waals surface area contributed by atoms with Gasteiger partial charge in [0.15, 0.2) is 5.13 Å². The molecule has 0 N–H and O–H groups in total. The van der Waals surface area contributed by atoms with Gasteiger partial charge in [-0.15, -0.1) is 0 Å². The zero-order valence-corrected chi connectivity index (χ0v) is 15.0. The molecule has 4 rings (SSSR count). The summed E-state index contributed by atoms with van der Waals surface area (Å²) < 4.78 is 6.37. The number of ether oxygens (including phenoxy) is 1. The van der Waals surface area contributed by atoms with Gasteiger partial charge in [-0.2, -0.15) is 0 Å². The van der Waals surface area contributed by atoms with Crippen molar-refractivity contribution >= 4 is 44.0 Å². The molecule has 0 aliphatic carbocycles. The second kappa shape index (κ2) is 6.49. The van der Waals surface area contributed by atoms with Crippen LogP contribution in [-0.2, 0) is 0 Å². The number of hydrogen-bond donors (Lipinski definition) is 0. The molecule has 0 atom stereocenters. The molecule has 0 amide bonds. The summed E-state index contributed by atoms with van der Waals surface area (Å²) in [7, 11) is 1.69. The van der Waals surface area contributed by atoms with E-state index in [1.54, 1.807) is 18.4 Å². The first kappa shape index (κ1) is 15.5. The van der Waals surface area contributed by atoms with Gasteiger partial charge in [0.05, 0.1) is 17.3 Å². The Hall–Kier alpha value is -1.98. The molecule has 1 saturated heterocycles. The predicted octanol–water partition coefficient (Wildman–Crippen LogP) is 4.28. The Labute approximate surface area is 150 Å². The van der Waals surface area contributed by atoms with Crippen molar-refractivity contribution in [1.82, 2.24) is 4.98 Å². The van der Waals surface area contributed by atoms with Crippen molar-refractivity contribution in [3.63, 3.8) is 0 Å². The molecule has 1 fully saturated rings. The van der Waals surface area contributed by atoms with Crippen LogP contribution in [0.1, 0.15) is 0 Å². The van der Waals surface area contributed by atoms with Crippen LogP contribution in [0.2, 0.25) is 5.02 Å². The van der Waals surface area contributed by atoms with Gasteiger partial charge in [-0.1, -0.05) is 22.9 Å². The van der Waals surface area contributed by atoms with Crippen LogP contribution in [0.3, 0.4) is 0 Å². The van der Waals surface area contributed by atoms with E-state index in [1.165, 1.54) is 5.69 Å². The van der Waals surface area contributed by atoms with Gasteiger partial charge in [0.25, 0.3) is 0 Å². The van der Waals surface area contributed by atoms with Gasteiger partial charge < -0.3 is 14.5 Å². The number of halogens is 1. The number of rotatable bonds is 3. The molecule has 0 radical (unpaired) electrons. The smallest absolute Gasteiger partial charge is 0.186 e. The molecule has 1 aliphatic rings. The summed E-state index contributed by atoms with van der Waals surface area (Å²) >= 11 is 7.79. The van der Waals surface area contributed by atoms with Gasteiger partial charge in [0.2, 0.25) is 0 Å². The summed E-state index contributed by atoms with van der Waals surface area (Å²) in [5, 5.41) is 1.85. The van der Waals surface area contributed by atoms with Crippen LogP contribution in [0.4, 0.5) is 10.8 Å². The van der Waals surface area contributed by atoms with E-state index in [-0.39, 0.29) is 0 Å². The maximum Gasteiger partial charge on any atom is 0.186 e. The quantitative estimate of drug-likeness (QED) is 0.697. The maximum atomic E-state index is 6.07. The van der Waals surface area contributed by atoms with Crippen molar-refractivity contribution in [2.24, 2.45) is 0 Å². The van der Waals surface area contributed by atoms with Crippen molar-refractivity contribution in [3.8, 4) is 5.75 Å². The summed E-state index contributed by atoms with van der Waals surface area (Å²) in [6.45, 7) is 3.92. The van der Waals surface area contributed by atoms with Crippen molar-refractivity contribution in [2.75, 3.05) is 43.1 Å². The molecule has 1 aromatic heterocycles. The Bertz CT molecular complexity index is 841. The van der Waals surface area contributed by atoms with E-state index in [2.05, 4.69) is 21.9 Å². The molecule has 6 heteroatoms. The summed E-state index contributed by atoms with van der Waals surface area (Å²) in [6.07, 6.45) is 0. The van der Waals surface area contributed by atoms with Gasteiger partial charge in [-0.05, 0) is 42.5 Å². The molecule has 0 bridgehead atoms. The normalized spacial score (nSPS) is 15.1. The van der Waals surface area contributed by atoms with E-state index in [4.69, 9.17) is 21.3 Å². The Morgan fingerprint density at radius 2 is 1.71 bits per heavy atom. The van der Waals surface area contributed by atoms with Crippen LogP contribution in [-0.4, -0.2) is 38.3 Å². The summed E-state index contributed by atoms with van der Waals surface area (Å²) in [5.41, 5.74) is 2.27. The fourth-order valence-electron chi connectivity index (χ4n) is 2.97. The Kier molecular flexibility index (Phi) is 4.21. The van der Waals surface area contributed by atoms with E-state index in [1.807, 2.05) is 30.3 Å². The lowest BCUT2D eigenvalue weighted by atomic mass is 10.2. The summed E-state index contributed by atoms with van der Waals surface area (Å²) in [6, 6.07) is 14.1. The molecular formula is C18H18ClN3OS. The first-order valence-corrected chi connectivity index (χ1v) is 9.12. The molecule has 2 aromatic carbocycles. The first-order valence-electron chi connectivity index (χ1n) is 7.93. The number of hydrogen-bond acceptors (Lipinski definition) is 5. The van der Waals surface area contributed by atoms with E-state index >= 15 is 0 Å². The standard InChI is InChI=1S/C18H18ClN3OS/c1-23-15-5-3-14(4-6-15)21-8-10-22(11-9-21)18-20-16-7-2-13(19)12-17(16)24-18/h2-7,12H,8-11H2,1H3. The summed E-state index contributed by atoms with van der Waals surface area (Å²) in [4.78, 5) is 9.51.